The number of nitrogens with one attached hydrogen (secondary N) is 4. The van der Waals surface area contributed by atoms with Crippen LogP contribution >= 0.6 is 0 Å². The van der Waals surface area contributed by atoms with E-state index in [2.05, 4.69) is 52.7 Å². The number of amides is 4. The van der Waals surface area contributed by atoms with Gasteiger partial charge < -0.3 is 20.6 Å². The molecule has 45 heavy (non-hydrogen) atoms. The van der Waals surface area contributed by atoms with Gasteiger partial charge in [0.05, 0.1) is 22.3 Å². The molecule has 2 aliphatic carbocycles. The fraction of sp³-hybridized carbons (Fsp3) is 0.412. The standard InChI is InChI=1S/C34H37N7O4/c1-18(2)40-10-9-21-16-38-27(14-29(21)40)26(31(35)20-3-4-20)17-37-23-11-19(12-23)15-36-22-5-6-24-25(13-22)34(45)41(33(24)44)28-7-8-30(42)39-32(28)43/h5-6,9-10,13-14,16-20,23,28,35-37H,3-4,7-8,11-12,15H2,1-2H3,(H,39,42,43)/b26-17-,35-31?. The van der Waals surface area contributed by atoms with E-state index in [0.717, 1.165) is 65.0 Å². The number of anilines is 1. The molecule has 2 saturated carbocycles. The summed E-state index contributed by atoms with van der Waals surface area (Å²) >= 11 is 0. The minimum atomic E-state index is -0.973. The van der Waals surface area contributed by atoms with Crippen LogP contribution in [0.3, 0.4) is 0 Å². The molecule has 0 radical (unpaired) electrons. The molecule has 2 aromatic heterocycles. The maximum atomic E-state index is 13.1. The van der Waals surface area contributed by atoms with Gasteiger partial charge >= 0.3 is 0 Å². The van der Waals surface area contributed by atoms with Gasteiger partial charge in [-0.2, -0.15) is 0 Å². The molecule has 0 bridgehead atoms. The molecule has 2 aliphatic heterocycles. The zero-order valence-electron chi connectivity index (χ0n) is 25.4. The number of aromatic nitrogens is 2. The van der Waals surface area contributed by atoms with Gasteiger partial charge in [-0.25, -0.2) is 0 Å². The molecule has 4 amide bonds. The second kappa shape index (κ2) is 11.3. The Bertz CT molecular complexity index is 1780. The van der Waals surface area contributed by atoms with E-state index in [1.807, 2.05) is 12.4 Å². The predicted octanol–water partition coefficient (Wildman–Crippen LogP) is 4.27. The van der Waals surface area contributed by atoms with Crippen molar-refractivity contribution in [2.45, 2.75) is 70.5 Å². The van der Waals surface area contributed by atoms with Crippen molar-refractivity contribution in [3.05, 3.63) is 65.7 Å². The second-order valence-corrected chi connectivity index (χ2v) is 13.0. The predicted molar refractivity (Wildman–Crippen MR) is 170 cm³/mol. The van der Waals surface area contributed by atoms with Gasteiger partial charge in [0, 0.05) is 71.9 Å². The molecule has 4 aliphatic rings. The average Bonchev–Trinajstić information content (AvgIpc) is 3.71. The van der Waals surface area contributed by atoms with Crippen molar-refractivity contribution in [1.29, 1.82) is 5.41 Å². The Kier molecular flexibility index (Phi) is 7.26. The van der Waals surface area contributed by atoms with Gasteiger partial charge in [0.2, 0.25) is 11.8 Å². The summed E-state index contributed by atoms with van der Waals surface area (Å²) in [5.41, 5.74) is 4.74. The van der Waals surface area contributed by atoms with Crippen molar-refractivity contribution in [2.75, 3.05) is 11.9 Å². The minimum Gasteiger partial charge on any atom is -0.388 e. The number of benzene rings is 1. The maximum Gasteiger partial charge on any atom is 0.262 e. The molecule has 7 rings (SSSR count). The van der Waals surface area contributed by atoms with E-state index in [1.54, 1.807) is 18.2 Å². The van der Waals surface area contributed by atoms with Crippen LogP contribution in [0.15, 0.2) is 48.9 Å². The van der Waals surface area contributed by atoms with Crippen LogP contribution in [0.25, 0.3) is 16.5 Å². The molecule has 1 atom stereocenters. The SMILES string of the molecule is CC(C)n1ccc2cnc(/C(=C/NC3CC(CNc4ccc5c(c4)C(=O)N(C4CCC(=O)NC4=O)C5=O)C3)C(=N)C3CC3)cc21. The van der Waals surface area contributed by atoms with Crippen LogP contribution in [0.2, 0.25) is 0 Å². The van der Waals surface area contributed by atoms with E-state index in [0.29, 0.717) is 29.6 Å². The summed E-state index contributed by atoms with van der Waals surface area (Å²) in [5, 5.41) is 19.1. The highest BCUT2D eigenvalue weighted by atomic mass is 16.2. The number of carbonyl (C=O) groups is 4. The Hall–Kier alpha value is -4.80. The van der Waals surface area contributed by atoms with E-state index < -0.39 is 29.7 Å². The quantitative estimate of drug-likeness (QED) is 0.199. The lowest BCUT2D eigenvalue weighted by molar-refractivity contribution is -0.136. The van der Waals surface area contributed by atoms with Crippen LogP contribution in [0.1, 0.15) is 84.8 Å². The third-order valence-electron chi connectivity index (χ3n) is 9.45. The van der Waals surface area contributed by atoms with Crippen molar-refractivity contribution in [3.8, 4) is 0 Å². The Morgan fingerprint density at radius 1 is 1.07 bits per heavy atom. The normalized spacial score (nSPS) is 23.3. The van der Waals surface area contributed by atoms with Crippen molar-refractivity contribution in [3.63, 3.8) is 0 Å². The van der Waals surface area contributed by atoms with Gasteiger partial charge in [-0.3, -0.25) is 34.4 Å². The van der Waals surface area contributed by atoms with Gasteiger partial charge in [0.15, 0.2) is 0 Å². The largest absolute Gasteiger partial charge is 0.388 e. The van der Waals surface area contributed by atoms with Crippen LogP contribution in [0.4, 0.5) is 5.69 Å². The Morgan fingerprint density at radius 3 is 2.58 bits per heavy atom. The number of hydrogen-bond donors (Lipinski definition) is 4. The van der Waals surface area contributed by atoms with E-state index in [9.17, 15) is 19.2 Å². The number of piperidine rings is 1. The zero-order valence-corrected chi connectivity index (χ0v) is 25.4. The highest BCUT2D eigenvalue weighted by Crippen LogP contribution is 2.36. The van der Waals surface area contributed by atoms with Gasteiger partial charge in [0.1, 0.15) is 6.04 Å². The molecule has 0 spiro atoms. The van der Waals surface area contributed by atoms with Crippen LogP contribution < -0.4 is 16.0 Å². The number of pyridine rings is 1. The van der Waals surface area contributed by atoms with Gasteiger partial charge in [-0.05, 0) is 82.2 Å². The summed E-state index contributed by atoms with van der Waals surface area (Å²) < 4.78 is 2.24. The summed E-state index contributed by atoms with van der Waals surface area (Å²) in [7, 11) is 0. The summed E-state index contributed by atoms with van der Waals surface area (Å²) in [6, 6.07) is 8.92. The number of imide groups is 2. The lowest BCUT2D eigenvalue weighted by Crippen LogP contribution is -2.54. The van der Waals surface area contributed by atoms with Crippen LogP contribution in [-0.4, -0.2) is 62.4 Å². The molecule has 11 nitrogen and oxygen atoms in total. The average molecular weight is 608 g/mol. The summed E-state index contributed by atoms with van der Waals surface area (Å²) in [6.45, 7) is 5.04. The fourth-order valence-electron chi connectivity index (χ4n) is 6.61. The first-order chi connectivity index (χ1) is 21.7. The Morgan fingerprint density at radius 2 is 1.84 bits per heavy atom. The summed E-state index contributed by atoms with van der Waals surface area (Å²) in [4.78, 5) is 55.7. The molecule has 4 N–H and O–H groups in total. The molecule has 3 fully saturated rings. The minimum absolute atomic E-state index is 0.0909. The zero-order chi connectivity index (χ0) is 31.4. The Balaban J connectivity index is 0.968. The van der Waals surface area contributed by atoms with Crippen molar-refractivity contribution >= 4 is 51.5 Å². The molecular weight excluding hydrogens is 570 g/mol. The van der Waals surface area contributed by atoms with E-state index >= 15 is 0 Å². The van der Waals surface area contributed by atoms with E-state index in [1.165, 1.54) is 0 Å². The van der Waals surface area contributed by atoms with Crippen LogP contribution in [0, 0.1) is 17.2 Å². The number of rotatable bonds is 10. The van der Waals surface area contributed by atoms with Crippen LogP contribution in [0.5, 0.6) is 0 Å². The molecule has 1 saturated heterocycles. The maximum absolute atomic E-state index is 13.1. The smallest absolute Gasteiger partial charge is 0.262 e. The first-order valence-corrected chi connectivity index (χ1v) is 15.8. The third-order valence-corrected chi connectivity index (χ3v) is 9.45. The lowest BCUT2D eigenvalue weighted by atomic mass is 9.80. The highest BCUT2D eigenvalue weighted by Gasteiger charge is 2.44. The van der Waals surface area contributed by atoms with Crippen molar-refractivity contribution in [1.82, 2.24) is 25.1 Å². The summed E-state index contributed by atoms with van der Waals surface area (Å²) in [6.07, 6.45) is 10.2. The second-order valence-electron chi connectivity index (χ2n) is 13.0. The van der Waals surface area contributed by atoms with Gasteiger partial charge in [-0.1, -0.05) is 0 Å². The third kappa shape index (κ3) is 5.40. The highest BCUT2D eigenvalue weighted by molar-refractivity contribution is 6.24. The molecule has 232 valence electrons. The first-order valence-electron chi connectivity index (χ1n) is 15.8. The van der Waals surface area contributed by atoms with Gasteiger partial charge in [0.25, 0.3) is 11.8 Å². The number of nitrogens with zero attached hydrogens (tertiary/aromatic N) is 3. The van der Waals surface area contributed by atoms with E-state index in [4.69, 9.17) is 10.4 Å². The molecular formula is C34H37N7O4. The molecule has 4 heterocycles. The molecule has 3 aromatic rings. The van der Waals surface area contributed by atoms with Crippen molar-refractivity contribution < 1.29 is 19.2 Å². The number of fused-ring (bicyclic) bond motifs is 2. The van der Waals surface area contributed by atoms with Crippen LogP contribution in [-0.2, 0) is 9.59 Å². The molecule has 1 aromatic carbocycles. The van der Waals surface area contributed by atoms with E-state index in [-0.39, 0.29) is 24.0 Å². The van der Waals surface area contributed by atoms with Gasteiger partial charge in [-0.15, -0.1) is 0 Å². The molecule has 1 unspecified atom stereocenters. The Labute approximate surface area is 261 Å². The topological polar surface area (TPSA) is 149 Å². The monoisotopic (exact) mass is 607 g/mol. The summed E-state index contributed by atoms with van der Waals surface area (Å²) in [5.74, 6) is -1.29. The number of hydrogen-bond acceptors (Lipinski definition) is 8. The fourth-order valence-corrected chi connectivity index (χ4v) is 6.61. The van der Waals surface area contributed by atoms with Crippen molar-refractivity contribution in [2.24, 2.45) is 11.8 Å². The lowest BCUT2D eigenvalue weighted by Gasteiger charge is -2.36. The number of carbonyl (C=O) groups excluding carboxylic acids is 4. The number of allylic oxidation sites excluding steroid dienone is 1. The molecule has 11 heteroatoms. The first kappa shape index (κ1) is 28.9.